The van der Waals surface area contributed by atoms with E-state index >= 15 is 0 Å². The van der Waals surface area contributed by atoms with Crippen LogP contribution in [0.1, 0.15) is 0 Å². The molecule has 5 heteroatoms. The highest BCUT2D eigenvalue weighted by Crippen LogP contribution is 2.33. The lowest BCUT2D eigenvalue weighted by Gasteiger charge is -2.14. The summed E-state index contributed by atoms with van der Waals surface area (Å²) in [6.07, 6.45) is 0. The summed E-state index contributed by atoms with van der Waals surface area (Å²) in [5.41, 5.74) is 0. The van der Waals surface area contributed by atoms with Crippen LogP contribution < -0.4 is 4.18 Å². The average molecular weight is 191 g/mol. The summed E-state index contributed by atoms with van der Waals surface area (Å²) < 4.78 is 26.5. The molecule has 0 N–H and O–H groups in total. The van der Waals surface area contributed by atoms with Gasteiger partial charge in [0.1, 0.15) is 10.6 Å². The molecule has 0 radical (unpaired) electrons. The summed E-state index contributed by atoms with van der Waals surface area (Å²) in [4.78, 5) is 0.0363. The van der Waals surface area contributed by atoms with E-state index in [4.69, 9.17) is 11.6 Å². The predicted molar refractivity (Wildman–Crippen MR) is 39.3 cm³/mol. The molecule has 0 saturated carbocycles. The highest BCUT2D eigenvalue weighted by molar-refractivity contribution is 7.87. The van der Waals surface area contributed by atoms with Crippen molar-refractivity contribution in [3.05, 3.63) is 23.2 Å². The van der Waals surface area contributed by atoms with Crippen LogP contribution in [0.3, 0.4) is 0 Å². The summed E-state index contributed by atoms with van der Waals surface area (Å²) in [6, 6.07) is 4.46. The summed E-state index contributed by atoms with van der Waals surface area (Å²) in [6.45, 7) is 0. The number of hydrogen-bond donors (Lipinski definition) is 0. The fourth-order valence-corrected chi connectivity index (χ4v) is 2.34. The maximum absolute atomic E-state index is 11.0. The molecular formula is C6H3ClO3S. The van der Waals surface area contributed by atoms with Gasteiger partial charge in [-0.25, -0.2) is 0 Å². The van der Waals surface area contributed by atoms with Gasteiger partial charge in [0.2, 0.25) is 0 Å². The molecule has 3 nitrogen and oxygen atoms in total. The third-order valence-electron chi connectivity index (χ3n) is 1.38. The third-order valence-corrected chi connectivity index (χ3v) is 3.11. The Kier molecular flexibility index (Phi) is 1.20. The Balaban J connectivity index is 2.88. The van der Waals surface area contributed by atoms with E-state index in [-0.39, 0.29) is 15.7 Å². The quantitative estimate of drug-likeness (QED) is 0.582. The van der Waals surface area contributed by atoms with Gasteiger partial charge in [-0.2, -0.15) is 8.42 Å². The molecule has 0 unspecified atom stereocenters. The van der Waals surface area contributed by atoms with Crippen molar-refractivity contribution >= 4 is 21.7 Å². The van der Waals surface area contributed by atoms with Crippen molar-refractivity contribution in [2.45, 2.75) is 4.90 Å². The fraction of sp³-hybridized carbons (Fsp3) is 0. The highest BCUT2D eigenvalue weighted by atomic mass is 35.5. The van der Waals surface area contributed by atoms with E-state index in [9.17, 15) is 8.42 Å². The van der Waals surface area contributed by atoms with Gasteiger partial charge in [-0.3, -0.25) is 0 Å². The topological polar surface area (TPSA) is 43.4 Å². The Morgan fingerprint density at radius 3 is 2.45 bits per heavy atom. The smallest absolute Gasteiger partial charge is 0.340 e. The monoisotopic (exact) mass is 190 g/mol. The third kappa shape index (κ3) is 0.902. The minimum atomic E-state index is -3.58. The summed E-state index contributed by atoms with van der Waals surface area (Å²) in [5.74, 6) is 0.269. The summed E-state index contributed by atoms with van der Waals surface area (Å²) in [5, 5.41) is 0.216. The molecule has 2 aliphatic rings. The van der Waals surface area contributed by atoms with Crippen LogP contribution in [0.25, 0.3) is 0 Å². The predicted octanol–water partition coefficient (Wildman–Crippen LogP) is 1.42. The van der Waals surface area contributed by atoms with E-state index in [0.717, 1.165) is 0 Å². The van der Waals surface area contributed by atoms with Crippen LogP contribution >= 0.6 is 11.6 Å². The van der Waals surface area contributed by atoms with Crippen LogP contribution in [0, 0.1) is 0 Å². The van der Waals surface area contributed by atoms with Crippen molar-refractivity contribution < 1.29 is 12.6 Å². The lowest BCUT2D eigenvalue weighted by atomic mass is 10.3. The zero-order valence-corrected chi connectivity index (χ0v) is 6.82. The molecule has 0 fully saturated rings. The van der Waals surface area contributed by atoms with Gasteiger partial charge < -0.3 is 4.18 Å². The van der Waals surface area contributed by atoms with Crippen LogP contribution in [0.2, 0.25) is 5.02 Å². The molecule has 0 spiro atoms. The first-order chi connectivity index (χ1) is 5.09. The molecule has 0 saturated heterocycles. The van der Waals surface area contributed by atoms with Crippen molar-refractivity contribution in [1.29, 1.82) is 0 Å². The number of fused-ring (bicyclic) bond motifs is 3. The van der Waals surface area contributed by atoms with Crippen molar-refractivity contribution in [2.75, 3.05) is 0 Å². The van der Waals surface area contributed by atoms with E-state index in [1.54, 1.807) is 6.07 Å². The second kappa shape index (κ2) is 1.89. The van der Waals surface area contributed by atoms with Crippen LogP contribution in [0.4, 0.5) is 0 Å². The number of halogens is 1. The van der Waals surface area contributed by atoms with Crippen molar-refractivity contribution in [2.24, 2.45) is 0 Å². The Bertz CT molecular complexity index is 410. The van der Waals surface area contributed by atoms with Crippen molar-refractivity contribution in [3.8, 4) is 5.75 Å². The molecule has 0 atom stereocenters. The van der Waals surface area contributed by atoms with Crippen molar-refractivity contribution in [1.82, 2.24) is 0 Å². The van der Waals surface area contributed by atoms with E-state index in [2.05, 4.69) is 4.18 Å². The van der Waals surface area contributed by atoms with Crippen LogP contribution in [0.15, 0.2) is 23.1 Å². The lowest BCUT2D eigenvalue weighted by Crippen LogP contribution is -2.14. The first-order valence-corrected chi connectivity index (χ1v) is 4.62. The molecule has 11 heavy (non-hydrogen) atoms. The minimum absolute atomic E-state index is 0.0363. The zero-order valence-electron chi connectivity index (χ0n) is 5.24. The van der Waals surface area contributed by atoms with E-state index < -0.39 is 10.1 Å². The average Bonchev–Trinajstić information content (AvgIpc) is 1.83. The van der Waals surface area contributed by atoms with Gasteiger partial charge >= 0.3 is 10.1 Å². The SMILES string of the molecule is O=S1(=O)Oc2ccc1c(Cl)c2. The standard InChI is InChI=1S/C6H3ClO3S/c7-5-3-4-1-2-6(5)11(8,9)10-4/h1-3H. The molecule has 58 valence electrons. The molecule has 2 heterocycles. The van der Waals surface area contributed by atoms with Gasteiger partial charge in [0, 0.05) is 6.07 Å². The molecular weight excluding hydrogens is 188 g/mol. The highest BCUT2D eigenvalue weighted by Gasteiger charge is 2.26. The van der Waals surface area contributed by atoms with Gasteiger partial charge in [0.15, 0.2) is 0 Å². The van der Waals surface area contributed by atoms with Crippen LogP contribution in [-0.2, 0) is 10.1 Å². The minimum Gasteiger partial charge on any atom is -0.379 e. The molecule has 2 bridgehead atoms. The van der Waals surface area contributed by atoms with E-state index in [0.29, 0.717) is 0 Å². The molecule has 0 amide bonds. The Morgan fingerprint density at radius 1 is 1.36 bits per heavy atom. The molecule has 3 rings (SSSR count). The Labute approximate surface area is 68.7 Å². The summed E-state index contributed by atoms with van der Waals surface area (Å²) >= 11 is 5.59. The molecule has 1 aromatic carbocycles. The maximum Gasteiger partial charge on any atom is 0.340 e. The van der Waals surface area contributed by atoms with Gasteiger partial charge in [-0.15, -0.1) is 0 Å². The second-order valence-corrected chi connectivity index (χ2v) is 4.05. The fourth-order valence-electron chi connectivity index (χ4n) is 0.908. The Morgan fingerprint density at radius 2 is 2.09 bits per heavy atom. The summed E-state index contributed by atoms with van der Waals surface area (Å²) in [7, 11) is -3.58. The molecule has 1 aromatic rings. The van der Waals surface area contributed by atoms with Gasteiger partial charge in [-0.1, -0.05) is 11.6 Å². The second-order valence-electron chi connectivity index (χ2n) is 2.13. The number of hydrogen-bond acceptors (Lipinski definition) is 3. The van der Waals surface area contributed by atoms with Crippen molar-refractivity contribution in [3.63, 3.8) is 0 Å². The first kappa shape index (κ1) is 6.94. The van der Waals surface area contributed by atoms with E-state index in [1.165, 1.54) is 12.1 Å². The normalized spacial score (nSPS) is 17.9. The molecule has 0 aliphatic carbocycles. The molecule has 0 aromatic heterocycles. The Hall–Kier alpha value is -0.740. The van der Waals surface area contributed by atoms with Crippen LogP contribution in [-0.4, -0.2) is 8.42 Å². The van der Waals surface area contributed by atoms with Gasteiger partial charge in [0.05, 0.1) is 5.02 Å². The zero-order chi connectivity index (χ0) is 8.06. The molecule has 2 aliphatic heterocycles. The lowest BCUT2D eigenvalue weighted by molar-refractivity contribution is 0.478. The van der Waals surface area contributed by atoms with Gasteiger partial charge in [0.25, 0.3) is 0 Å². The number of rotatable bonds is 0. The first-order valence-electron chi connectivity index (χ1n) is 2.84. The van der Waals surface area contributed by atoms with E-state index in [1.807, 2.05) is 0 Å². The largest absolute Gasteiger partial charge is 0.379 e. The number of benzene rings is 1. The maximum atomic E-state index is 11.0. The van der Waals surface area contributed by atoms with Crippen LogP contribution in [0.5, 0.6) is 5.75 Å². The van der Waals surface area contributed by atoms with Gasteiger partial charge in [-0.05, 0) is 12.1 Å².